The summed E-state index contributed by atoms with van der Waals surface area (Å²) in [4.78, 5) is 15.8. The van der Waals surface area contributed by atoms with Crippen LogP contribution in [0.25, 0.3) is 22.3 Å². The van der Waals surface area contributed by atoms with E-state index < -0.39 is 8.07 Å². The number of aromatic nitrogens is 3. The zero-order chi connectivity index (χ0) is 20.3. The van der Waals surface area contributed by atoms with E-state index in [0.717, 1.165) is 45.1 Å². The fourth-order valence-corrected chi connectivity index (χ4v) is 3.87. The lowest BCUT2D eigenvalue weighted by Crippen LogP contribution is -2.22. The Morgan fingerprint density at radius 2 is 1.96 bits per heavy atom. The highest BCUT2D eigenvalue weighted by atomic mass is 79.9. The van der Waals surface area contributed by atoms with Crippen molar-refractivity contribution in [3.8, 4) is 11.3 Å². The number of pyridine rings is 1. The summed E-state index contributed by atoms with van der Waals surface area (Å²) in [6.07, 6.45) is 1.77. The Morgan fingerprint density at radius 1 is 1.25 bits per heavy atom. The van der Waals surface area contributed by atoms with Crippen molar-refractivity contribution < 1.29 is 9.53 Å². The van der Waals surface area contributed by atoms with E-state index >= 15 is 0 Å². The molecule has 2 heterocycles. The number of anilines is 1. The fraction of sp³-hybridized carbons (Fsp3) is 0.350. The van der Waals surface area contributed by atoms with Gasteiger partial charge in [0, 0.05) is 48.9 Å². The van der Waals surface area contributed by atoms with Crippen LogP contribution in [0.2, 0.25) is 25.7 Å². The quantitative estimate of drug-likeness (QED) is 0.391. The second-order valence-electron chi connectivity index (χ2n) is 7.98. The topological polar surface area (TPSA) is 69.0 Å². The molecule has 0 fully saturated rings. The molecule has 0 radical (unpaired) electrons. The molecule has 148 valence electrons. The first-order valence-corrected chi connectivity index (χ1v) is 13.7. The lowest BCUT2D eigenvalue weighted by Gasteiger charge is -2.15. The predicted molar refractivity (Wildman–Crippen MR) is 119 cm³/mol. The fourth-order valence-electron chi connectivity index (χ4n) is 2.78. The highest BCUT2D eigenvalue weighted by Gasteiger charge is 2.16. The number of halogens is 1. The van der Waals surface area contributed by atoms with E-state index in [1.165, 1.54) is 6.92 Å². The van der Waals surface area contributed by atoms with Crippen molar-refractivity contribution >= 4 is 46.6 Å². The van der Waals surface area contributed by atoms with E-state index in [4.69, 9.17) is 9.84 Å². The number of nitrogens with zero attached hydrogens (tertiary/aromatic N) is 3. The Kier molecular flexibility index (Phi) is 6.32. The van der Waals surface area contributed by atoms with Crippen molar-refractivity contribution in [2.75, 3.05) is 11.9 Å². The monoisotopic (exact) mass is 460 g/mol. The standard InChI is InChI=1S/C20H25BrN4O2Si/c1-14(26)23-17-7-5-15(6-8-17)19-18-11-16(21)12-22-20(18)25(24-19)13-27-9-10-28(2,3)4/h5-8,11-12H,9-10,13H2,1-4H3,(H,23,26). The average molecular weight is 461 g/mol. The van der Waals surface area contributed by atoms with Crippen LogP contribution in [-0.4, -0.2) is 35.4 Å². The van der Waals surface area contributed by atoms with Crippen LogP contribution in [0.1, 0.15) is 6.92 Å². The molecule has 1 aromatic carbocycles. The van der Waals surface area contributed by atoms with Crippen LogP contribution in [0, 0.1) is 0 Å². The number of ether oxygens (including phenoxy) is 1. The Morgan fingerprint density at radius 3 is 2.61 bits per heavy atom. The molecule has 2 aromatic heterocycles. The highest BCUT2D eigenvalue weighted by molar-refractivity contribution is 9.10. The molecule has 0 aliphatic heterocycles. The number of carbonyl (C=O) groups excluding carboxylic acids is 1. The van der Waals surface area contributed by atoms with Crippen LogP contribution in [0.4, 0.5) is 5.69 Å². The van der Waals surface area contributed by atoms with Gasteiger partial charge in [-0.2, -0.15) is 5.10 Å². The summed E-state index contributed by atoms with van der Waals surface area (Å²) >= 11 is 3.50. The molecule has 0 saturated carbocycles. The van der Waals surface area contributed by atoms with Crippen LogP contribution < -0.4 is 5.32 Å². The summed E-state index contributed by atoms with van der Waals surface area (Å²) in [5.41, 5.74) is 3.35. The van der Waals surface area contributed by atoms with Gasteiger partial charge in [0.1, 0.15) is 12.4 Å². The molecule has 6 nitrogen and oxygen atoms in total. The zero-order valence-corrected chi connectivity index (χ0v) is 19.2. The molecule has 1 N–H and O–H groups in total. The van der Waals surface area contributed by atoms with Crippen molar-refractivity contribution in [3.63, 3.8) is 0 Å². The predicted octanol–water partition coefficient (Wildman–Crippen LogP) is 5.13. The van der Waals surface area contributed by atoms with Gasteiger partial charge in [0.05, 0.1) is 0 Å². The van der Waals surface area contributed by atoms with Gasteiger partial charge < -0.3 is 10.1 Å². The Hall–Kier alpha value is -2.03. The molecule has 1 amide bonds. The van der Waals surface area contributed by atoms with E-state index in [1.807, 2.05) is 35.0 Å². The maximum atomic E-state index is 11.2. The van der Waals surface area contributed by atoms with Gasteiger partial charge in [-0.05, 0) is 40.2 Å². The third-order valence-corrected chi connectivity index (χ3v) is 6.38. The molecule has 8 heteroatoms. The van der Waals surface area contributed by atoms with Gasteiger partial charge in [-0.3, -0.25) is 4.79 Å². The molecule has 0 spiro atoms. The number of hydrogen-bond donors (Lipinski definition) is 1. The van der Waals surface area contributed by atoms with Crippen LogP contribution in [0.5, 0.6) is 0 Å². The minimum absolute atomic E-state index is 0.0916. The van der Waals surface area contributed by atoms with Crippen molar-refractivity contribution in [2.45, 2.75) is 39.3 Å². The van der Waals surface area contributed by atoms with Gasteiger partial charge in [-0.15, -0.1) is 0 Å². The lowest BCUT2D eigenvalue weighted by molar-refractivity contribution is -0.114. The summed E-state index contributed by atoms with van der Waals surface area (Å²) < 4.78 is 8.59. The Bertz CT molecular complexity index is 980. The number of carbonyl (C=O) groups is 1. The third-order valence-electron chi connectivity index (χ3n) is 4.24. The van der Waals surface area contributed by atoms with E-state index in [9.17, 15) is 4.79 Å². The smallest absolute Gasteiger partial charge is 0.221 e. The average Bonchev–Trinajstić information content (AvgIpc) is 2.96. The lowest BCUT2D eigenvalue weighted by atomic mass is 10.1. The minimum Gasteiger partial charge on any atom is -0.359 e. The molecule has 0 atom stereocenters. The normalized spacial score (nSPS) is 11.8. The maximum absolute atomic E-state index is 11.2. The van der Waals surface area contributed by atoms with Crippen LogP contribution in [0.15, 0.2) is 41.0 Å². The minimum atomic E-state index is -1.13. The molecule has 0 aliphatic rings. The second-order valence-corrected chi connectivity index (χ2v) is 14.5. The van der Waals surface area contributed by atoms with E-state index in [0.29, 0.717) is 6.73 Å². The summed E-state index contributed by atoms with van der Waals surface area (Å²) in [6.45, 7) is 9.60. The molecule has 0 aliphatic carbocycles. The largest absolute Gasteiger partial charge is 0.359 e. The Balaban J connectivity index is 1.87. The van der Waals surface area contributed by atoms with Crippen molar-refractivity contribution in [2.24, 2.45) is 0 Å². The van der Waals surface area contributed by atoms with Gasteiger partial charge in [0.2, 0.25) is 5.91 Å². The number of hydrogen-bond acceptors (Lipinski definition) is 4. The molecule has 0 unspecified atom stereocenters. The zero-order valence-electron chi connectivity index (χ0n) is 16.6. The molecule has 0 bridgehead atoms. The van der Waals surface area contributed by atoms with Crippen LogP contribution in [-0.2, 0) is 16.3 Å². The second kappa shape index (κ2) is 8.55. The maximum Gasteiger partial charge on any atom is 0.221 e. The molecule has 0 saturated heterocycles. The van der Waals surface area contributed by atoms with Crippen LogP contribution in [0.3, 0.4) is 0 Å². The number of nitrogens with one attached hydrogen (secondary N) is 1. The first-order chi connectivity index (χ1) is 13.2. The van der Waals surface area contributed by atoms with Crippen molar-refractivity contribution in [3.05, 3.63) is 41.0 Å². The third kappa shape index (κ3) is 5.27. The Labute approximate surface area is 174 Å². The summed E-state index contributed by atoms with van der Waals surface area (Å²) in [5.74, 6) is -0.0916. The number of benzene rings is 1. The summed E-state index contributed by atoms with van der Waals surface area (Å²) in [6, 6.07) is 10.8. The van der Waals surface area contributed by atoms with Crippen molar-refractivity contribution in [1.29, 1.82) is 0 Å². The van der Waals surface area contributed by atoms with E-state index in [-0.39, 0.29) is 5.91 Å². The van der Waals surface area contributed by atoms with Gasteiger partial charge in [-0.1, -0.05) is 31.8 Å². The molecule has 28 heavy (non-hydrogen) atoms. The number of rotatable bonds is 7. The molecule has 3 rings (SSSR count). The summed E-state index contributed by atoms with van der Waals surface area (Å²) in [5, 5.41) is 8.49. The molecule has 3 aromatic rings. The molecular formula is C20H25BrN4O2Si. The van der Waals surface area contributed by atoms with Gasteiger partial charge in [0.15, 0.2) is 5.65 Å². The van der Waals surface area contributed by atoms with E-state index in [2.05, 4.69) is 45.9 Å². The van der Waals surface area contributed by atoms with Gasteiger partial charge in [0.25, 0.3) is 0 Å². The first kappa shape index (κ1) is 20.7. The highest BCUT2D eigenvalue weighted by Crippen LogP contribution is 2.29. The van der Waals surface area contributed by atoms with E-state index in [1.54, 1.807) is 6.20 Å². The molecular weight excluding hydrogens is 436 g/mol. The van der Waals surface area contributed by atoms with Gasteiger partial charge in [-0.25, -0.2) is 9.67 Å². The first-order valence-electron chi connectivity index (χ1n) is 9.21. The summed E-state index contributed by atoms with van der Waals surface area (Å²) in [7, 11) is -1.13. The number of fused-ring (bicyclic) bond motifs is 1. The van der Waals surface area contributed by atoms with Crippen LogP contribution >= 0.6 is 15.9 Å². The van der Waals surface area contributed by atoms with Gasteiger partial charge >= 0.3 is 0 Å². The SMILES string of the molecule is CC(=O)Nc1ccc(-c2nn(COCC[Si](C)(C)C)c3ncc(Br)cc23)cc1. The number of amides is 1. The van der Waals surface area contributed by atoms with Crippen molar-refractivity contribution in [1.82, 2.24) is 14.8 Å².